The van der Waals surface area contributed by atoms with Gasteiger partial charge in [0.25, 0.3) is 5.91 Å². The lowest BCUT2D eigenvalue weighted by molar-refractivity contribution is -0.117. The summed E-state index contributed by atoms with van der Waals surface area (Å²) in [6, 6.07) is 10.5. The van der Waals surface area contributed by atoms with Gasteiger partial charge >= 0.3 is 0 Å². The molecule has 134 valence electrons. The molecule has 0 saturated heterocycles. The molecule has 0 aliphatic carbocycles. The van der Waals surface area contributed by atoms with Gasteiger partial charge in [-0.3, -0.25) is 4.79 Å². The second-order valence-corrected chi connectivity index (χ2v) is 6.87. The molecular weight excluding hydrogens is 351 g/mol. The van der Waals surface area contributed by atoms with Crippen LogP contribution in [0.2, 0.25) is 0 Å². The molecule has 0 spiro atoms. The van der Waals surface area contributed by atoms with Crippen molar-refractivity contribution in [2.45, 2.75) is 19.9 Å². The molecule has 0 fully saturated rings. The van der Waals surface area contributed by atoms with Crippen LogP contribution in [0.3, 0.4) is 0 Å². The summed E-state index contributed by atoms with van der Waals surface area (Å²) in [7, 11) is 1.61. The van der Waals surface area contributed by atoms with E-state index in [0.717, 1.165) is 21.6 Å². The molecule has 1 amide bonds. The monoisotopic (exact) mass is 370 g/mol. The molecular formula is C20H19FN2O2S. The van der Waals surface area contributed by atoms with Gasteiger partial charge in [-0.2, -0.15) is 4.99 Å². The number of methoxy groups -OCH3 is 1. The number of ether oxygens (including phenoxy) is 1. The first kappa shape index (κ1) is 18.1. The van der Waals surface area contributed by atoms with E-state index in [1.807, 2.05) is 31.2 Å². The molecule has 0 bridgehead atoms. The first-order chi connectivity index (χ1) is 12.5. The molecule has 3 aromatic rings. The maximum absolute atomic E-state index is 14.2. The first-order valence-electron chi connectivity index (χ1n) is 8.13. The van der Waals surface area contributed by atoms with Crippen molar-refractivity contribution in [3.63, 3.8) is 0 Å². The summed E-state index contributed by atoms with van der Waals surface area (Å²) in [5.41, 5.74) is 2.27. The molecule has 26 heavy (non-hydrogen) atoms. The fraction of sp³-hybridized carbons (Fsp3) is 0.200. The molecule has 0 radical (unpaired) electrons. The van der Waals surface area contributed by atoms with Gasteiger partial charge in [-0.1, -0.05) is 35.6 Å². The predicted molar refractivity (Wildman–Crippen MR) is 102 cm³/mol. The lowest BCUT2D eigenvalue weighted by Crippen LogP contribution is -2.17. The Bertz CT molecular complexity index is 1050. The first-order valence-corrected chi connectivity index (χ1v) is 8.95. The van der Waals surface area contributed by atoms with E-state index in [1.165, 1.54) is 17.4 Å². The van der Waals surface area contributed by atoms with E-state index in [9.17, 15) is 9.18 Å². The van der Waals surface area contributed by atoms with Crippen LogP contribution in [-0.2, 0) is 17.8 Å². The van der Waals surface area contributed by atoms with Gasteiger partial charge in [0.05, 0.1) is 23.7 Å². The molecule has 0 aliphatic rings. The predicted octanol–water partition coefficient (Wildman–Crippen LogP) is 4.01. The van der Waals surface area contributed by atoms with Gasteiger partial charge in [-0.25, -0.2) is 4.39 Å². The molecule has 2 aromatic carbocycles. The number of aryl methyl sites for hydroxylation is 1. The zero-order chi connectivity index (χ0) is 18.7. The Hall–Kier alpha value is -2.73. The number of hydrogen-bond acceptors (Lipinski definition) is 3. The number of hydrogen-bond donors (Lipinski definition) is 0. The Labute approximate surface area is 154 Å². The highest BCUT2D eigenvalue weighted by Gasteiger charge is 2.11. The fourth-order valence-electron chi connectivity index (χ4n) is 2.84. The van der Waals surface area contributed by atoms with Crippen molar-refractivity contribution < 1.29 is 13.9 Å². The van der Waals surface area contributed by atoms with E-state index in [1.54, 1.807) is 23.8 Å². The minimum atomic E-state index is -0.333. The number of fused-ring (bicyclic) bond motifs is 1. The lowest BCUT2D eigenvalue weighted by Gasteiger charge is -2.06. The van der Waals surface area contributed by atoms with Gasteiger partial charge in [0, 0.05) is 6.54 Å². The van der Waals surface area contributed by atoms with E-state index in [-0.39, 0.29) is 18.1 Å². The summed E-state index contributed by atoms with van der Waals surface area (Å²) in [5, 5.41) is 0. The van der Waals surface area contributed by atoms with E-state index >= 15 is 0 Å². The minimum Gasteiger partial charge on any atom is -0.496 e. The average Bonchev–Trinajstić information content (AvgIpc) is 2.94. The molecule has 0 atom stereocenters. The van der Waals surface area contributed by atoms with Crippen molar-refractivity contribution in [2.75, 3.05) is 7.11 Å². The van der Waals surface area contributed by atoms with E-state index in [4.69, 9.17) is 4.74 Å². The lowest BCUT2D eigenvalue weighted by atomic mass is 10.1. The Kier molecular flexibility index (Phi) is 5.32. The SMILES string of the molecule is C=CCn1c(=NC(=O)Cc2ccc(OC)c(C)c2)sc2cccc(F)c21. The summed E-state index contributed by atoms with van der Waals surface area (Å²) >= 11 is 1.29. The topological polar surface area (TPSA) is 43.6 Å². The van der Waals surface area contributed by atoms with Crippen molar-refractivity contribution in [2.24, 2.45) is 4.99 Å². The van der Waals surface area contributed by atoms with Crippen LogP contribution in [0, 0.1) is 12.7 Å². The molecule has 0 N–H and O–H groups in total. The van der Waals surface area contributed by atoms with Crippen LogP contribution in [0.5, 0.6) is 5.75 Å². The maximum atomic E-state index is 14.2. The van der Waals surface area contributed by atoms with Crippen molar-refractivity contribution in [1.29, 1.82) is 0 Å². The third kappa shape index (κ3) is 3.60. The summed E-state index contributed by atoms with van der Waals surface area (Å²) in [4.78, 5) is 17.1. The Morgan fingerprint density at radius 3 is 2.88 bits per heavy atom. The highest BCUT2D eigenvalue weighted by Crippen LogP contribution is 2.21. The zero-order valence-corrected chi connectivity index (χ0v) is 15.5. The number of carbonyl (C=O) groups excluding carboxylic acids is 1. The van der Waals surface area contributed by atoms with Gasteiger partial charge in [0.2, 0.25) is 0 Å². The number of aromatic nitrogens is 1. The van der Waals surface area contributed by atoms with Crippen LogP contribution in [0.25, 0.3) is 10.2 Å². The second-order valence-electron chi connectivity index (χ2n) is 5.86. The summed E-state index contributed by atoms with van der Waals surface area (Å²) in [6.45, 7) is 6.02. The standard InChI is InChI=1S/C20H19FN2O2S/c1-4-10-23-19-15(21)6-5-7-17(19)26-20(23)22-18(24)12-14-8-9-16(25-3)13(2)11-14/h4-9,11H,1,10,12H2,2-3H3. The van der Waals surface area contributed by atoms with E-state index in [2.05, 4.69) is 11.6 Å². The number of carbonyl (C=O) groups is 1. The van der Waals surface area contributed by atoms with Gasteiger partial charge < -0.3 is 9.30 Å². The van der Waals surface area contributed by atoms with Crippen LogP contribution >= 0.6 is 11.3 Å². The third-order valence-corrected chi connectivity index (χ3v) is 5.04. The number of rotatable bonds is 5. The smallest absolute Gasteiger partial charge is 0.252 e. The van der Waals surface area contributed by atoms with Crippen LogP contribution in [-0.4, -0.2) is 17.6 Å². The van der Waals surface area contributed by atoms with Gasteiger partial charge in [-0.05, 0) is 36.2 Å². The normalized spacial score (nSPS) is 11.7. The van der Waals surface area contributed by atoms with Crippen LogP contribution in [0.15, 0.2) is 54.0 Å². The maximum Gasteiger partial charge on any atom is 0.252 e. The average molecular weight is 370 g/mol. The molecule has 0 aliphatic heterocycles. The fourth-order valence-corrected chi connectivity index (χ4v) is 3.91. The van der Waals surface area contributed by atoms with Crippen molar-refractivity contribution in [3.05, 3.63) is 70.8 Å². The summed E-state index contributed by atoms with van der Waals surface area (Å²) < 4.78 is 21.9. The molecule has 1 aromatic heterocycles. The summed E-state index contributed by atoms with van der Waals surface area (Å²) in [5.74, 6) is 0.168. The van der Waals surface area contributed by atoms with Gasteiger partial charge in [0.1, 0.15) is 11.6 Å². The molecule has 6 heteroatoms. The second kappa shape index (κ2) is 7.66. The number of amides is 1. The van der Waals surface area contributed by atoms with Gasteiger partial charge in [0.15, 0.2) is 4.80 Å². The Morgan fingerprint density at radius 1 is 1.38 bits per heavy atom. The van der Waals surface area contributed by atoms with Crippen molar-refractivity contribution in [1.82, 2.24) is 4.57 Å². The van der Waals surface area contributed by atoms with Crippen molar-refractivity contribution >= 4 is 27.5 Å². The highest BCUT2D eigenvalue weighted by molar-refractivity contribution is 7.16. The minimum absolute atomic E-state index is 0.176. The van der Waals surface area contributed by atoms with Gasteiger partial charge in [-0.15, -0.1) is 6.58 Å². The number of para-hydroxylation sites is 1. The van der Waals surface area contributed by atoms with Crippen LogP contribution in [0.1, 0.15) is 11.1 Å². The number of thiazole rings is 1. The van der Waals surface area contributed by atoms with E-state index in [0.29, 0.717) is 16.9 Å². The molecule has 4 nitrogen and oxygen atoms in total. The van der Waals surface area contributed by atoms with Crippen molar-refractivity contribution in [3.8, 4) is 5.75 Å². The van der Waals surface area contributed by atoms with Crippen LogP contribution in [0.4, 0.5) is 4.39 Å². The zero-order valence-electron chi connectivity index (χ0n) is 14.7. The Balaban J connectivity index is 1.97. The number of nitrogens with zero attached hydrogens (tertiary/aromatic N) is 2. The Morgan fingerprint density at radius 2 is 2.19 bits per heavy atom. The molecule has 1 heterocycles. The number of halogens is 1. The summed E-state index contributed by atoms with van der Waals surface area (Å²) in [6.07, 6.45) is 1.84. The molecule has 0 unspecified atom stereocenters. The van der Waals surface area contributed by atoms with Crippen LogP contribution < -0.4 is 9.54 Å². The van der Waals surface area contributed by atoms with E-state index < -0.39 is 0 Å². The third-order valence-electron chi connectivity index (χ3n) is 4.00. The quantitative estimate of drug-likeness (QED) is 0.637. The molecule has 0 saturated carbocycles. The highest BCUT2D eigenvalue weighted by atomic mass is 32.1. The largest absolute Gasteiger partial charge is 0.496 e. The number of benzene rings is 2. The number of allylic oxidation sites excluding steroid dienone is 1. The molecule has 3 rings (SSSR count).